The Morgan fingerprint density at radius 3 is 2.40 bits per heavy atom. The van der Waals surface area contributed by atoms with E-state index in [1.165, 1.54) is 20.0 Å². The second-order valence-corrected chi connectivity index (χ2v) is 11.0. The molecule has 0 aromatic carbocycles. The molecule has 2 aliphatic heterocycles. The normalized spacial score (nSPS) is 37.0. The van der Waals surface area contributed by atoms with E-state index in [2.05, 4.69) is 18.3 Å². The van der Waals surface area contributed by atoms with Crippen LogP contribution in [0, 0.1) is 6.92 Å². The van der Waals surface area contributed by atoms with Gasteiger partial charge in [-0.1, -0.05) is 0 Å². The van der Waals surface area contributed by atoms with Crippen LogP contribution in [-0.4, -0.2) is 89.3 Å². The van der Waals surface area contributed by atoms with Crippen LogP contribution in [0.2, 0.25) is 0 Å². The Labute approximate surface area is 196 Å². The predicted molar refractivity (Wildman–Crippen MR) is 111 cm³/mol. The molecule has 3 heterocycles. The molecular weight excluding hydrogens is 522 g/mol. The monoisotopic (exact) mass is 548 g/mol. The van der Waals surface area contributed by atoms with E-state index in [9.17, 15) is 48.9 Å². The van der Waals surface area contributed by atoms with E-state index in [1.807, 2.05) is 0 Å². The van der Waals surface area contributed by atoms with Crippen molar-refractivity contribution in [3.63, 3.8) is 0 Å². The molecule has 7 N–H and O–H groups in total. The van der Waals surface area contributed by atoms with Gasteiger partial charge in [0.25, 0.3) is 5.56 Å². The number of H-pyrrole nitrogens is 1. The van der Waals surface area contributed by atoms with Crippen LogP contribution in [-0.2, 0) is 32.0 Å². The minimum Gasteiger partial charge on any atom is -0.390 e. The minimum atomic E-state index is -5.44. The van der Waals surface area contributed by atoms with E-state index in [0.29, 0.717) is 0 Å². The molecule has 0 saturated carbocycles. The number of aliphatic hydroxyl groups is 4. The maximum atomic E-state index is 12.2. The summed E-state index contributed by atoms with van der Waals surface area (Å²) in [5.41, 5.74) is -1.23. The van der Waals surface area contributed by atoms with Crippen LogP contribution in [0.25, 0.3) is 0 Å². The van der Waals surface area contributed by atoms with Crippen molar-refractivity contribution in [3.05, 3.63) is 32.6 Å². The number of ether oxygens (including phenoxy) is 2. The van der Waals surface area contributed by atoms with Crippen LogP contribution >= 0.6 is 15.6 Å². The van der Waals surface area contributed by atoms with Crippen LogP contribution in [0.5, 0.6) is 0 Å². The Bertz CT molecular complexity index is 1120. The number of rotatable bonds is 8. The first kappa shape index (κ1) is 28.3. The molecule has 35 heavy (non-hydrogen) atoms. The van der Waals surface area contributed by atoms with Crippen molar-refractivity contribution in [2.45, 2.75) is 69.4 Å². The zero-order valence-corrected chi connectivity index (χ0v) is 20.1. The summed E-state index contributed by atoms with van der Waals surface area (Å²) in [7, 11) is -10.8. The lowest BCUT2D eigenvalue weighted by molar-refractivity contribution is -0.271. The quantitative estimate of drug-likeness (QED) is 0.167. The van der Waals surface area contributed by atoms with Crippen molar-refractivity contribution in [2.24, 2.45) is 0 Å². The van der Waals surface area contributed by atoms with Gasteiger partial charge in [-0.05, 0) is 13.8 Å². The second kappa shape index (κ2) is 10.6. The molecule has 1 aromatic heterocycles. The smallest absolute Gasteiger partial charge is 0.390 e. The summed E-state index contributed by atoms with van der Waals surface area (Å²) >= 11 is 0. The van der Waals surface area contributed by atoms with Crippen LogP contribution in [0.3, 0.4) is 0 Å². The van der Waals surface area contributed by atoms with Gasteiger partial charge >= 0.3 is 21.3 Å². The molecule has 2 saturated heterocycles. The fourth-order valence-electron chi connectivity index (χ4n) is 3.41. The summed E-state index contributed by atoms with van der Waals surface area (Å²) in [6, 6.07) is 0. The van der Waals surface area contributed by atoms with Crippen LogP contribution in [0.15, 0.2) is 15.8 Å². The van der Waals surface area contributed by atoms with E-state index in [1.54, 1.807) is 0 Å². The summed E-state index contributed by atoms with van der Waals surface area (Å²) < 4.78 is 49.0. The molecule has 19 heteroatoms. The highest BCUT2D eigenvalue weighted by atomic mass is 31.3. The molecule has 2 fully saturated rings. The number of aromatic nitrogens is 2. The molecule has 0 spiro atoms. The SMILES string of the molecule is Cc1cn([C@H]2C[C@H](O)[C@@H](COP(=O)(O)OP(=O)(O)O[C@@H]3O[C@H](C)[C@@H](O)[C@H](O)[C@H]3O)O2)c(=O)[nH]c1=O. The van der Waals surface area contributed by atoms with Gasteiger partial charge in [-0.3, -0.25) is 23.4 Å². The molecule has 17 nitrogen and oxygen atoms in total. The summed E-state index contributed by atoms with van der Waals surface area (Å²) in [5, 5.41) is 39.3. The fraction of sp³-hybridized carbons (Fsp3) is 0.750. The first-order valence-corrected chi connectivity index (χ1v) is 13.1. The Hall–Kier alpha value is -1.30. The Morgan fingerprint density at radius 2 is 1.74 bits per heavy atom. The van der Waals surface area contributed by atoms with E-state index in [4.69, 9.17) is 9.47 Å². The number of phosphoric acid groups is 2. The second-order valence-electron chi connectivity index (χ2n) is 8.01. The number of aryl methyl sites for hydroxylation is 1. The zero-order chi connectivity index (χ0) is 26.3. The van der Waals surface area contributed by atoms with Gasteiger partial charge in [0.1, 0.15) is 30.6 Å². The average molecular weight is 548 g/mol. The molecule has 0 radical (unpaired) electrons. The van der Waals surface area contributed by atoms with Crippen molar-refractivity contribution < 1.29 is 62.2 Å². The van der Waals surface area contributed by atoms with E-state index < -0.39 is 82.6 Å². The molecule has 0 bridgehead atoms. The first-order chi connectivity index (χ1) is 16.1. The lowest BCUT2D eigenvalue weighted by atomic mass is 10.0. The molecule has 0 amide bonds. The van der Waals surface area contributed by atoms with Crippen LogP contribution in [0.1, 0.15) is 25.1 Å². The number of hydrogen-bond donors (Lipinski definition) is 7. The highest BCUT2D eigenvalue weighted by molar-refractivity contribution is 7.61. The third-order valence-electron chi connectivity index (χ3n) is 5.31. The van der Waals surface area contributed by atoms with Gasteiger partial charge in [0, 0.05) is 18.2 Å². The number of aliphatic hydroxyl groups excluding tert-OH is 4. The Morgan fingerprint density at radius 1 is 1.09 bits per heavy atom. The van der Waals surface area contributed by atoms with Crippen molar-refractivity contribution >= 4 is 15.6 Å². The Kier molecular flexibility index (Phi) is 8.56. The molecule has 0 aliphatic carbocycles. The van der Waals surface area contributed by atoms with Gasteiger partial charge in [-0.15, -0.1) is 0 Å². The minimum absolute atomic E-state index is 0.152. The largest absolute Gasteiger partial charge is 0.483 e. The molecule has 1 aromatic rings. The number of hydrogen-bond acceptors (Lipinski definition) is 13. The first-order valence-electron chi connectivity index (χ1n) is 10.2. The van der Waals surface area contributed by atoms with Crippen molar-refractivity contribution in [1.82, 2.24) is 9.55 Å². The van der Waals surface area contributed by atoms with Crippen molar-refractivity contribution in [3.8, 4) is 0 Å². The third-order valence-corrected chi connectivity index (χ3v) is 7.91. The summed E-state index contributed by atoms with van der Waals surface area (Å²) in [6.07, 6.45) is -11.0. The Balaban J connectivity index is 1.59. The lowest BCUT2D eigenvalue weighted by Gasteiger charge is -2.38. The zero-order valence-electron chi connectivity index (χ0n) is 18.3. The van der Waals surface area contributed by atoms with Crippen molar-refractivity contribution in [1.29, 1.82) is 0 Å². The summed E-state index contributed by atoms with van der Waals surface area (Å²) in [4.78, 5) is 45.2. The molecule has 3 rings (SSSR count). The van der Waals surface area contributed by atoms with Crippen LogP contribution < -0.4 is 11.2 Å². The van der Waals surface area contributed by atoms with Gasteiger partial charge in [0.2, 0.25) is 0 Å². The lowest BCUT2D eigenvalue weighted by Crippen LogP contribution is -2.57. The molecular formula is C16H26N2O15P2. The molecule has 200 valence electrons. The highest BCUT2D eigenvalue weighted by Crippen LogP contribution is 2.61. The van der Waals surface area contributed by atoms with E-state index in [0.717, 1.165) is 4.57 Å². The molecule has 2 unspecified atom stereocenters. The average Bonchev–Trinajstić information content (AvgIpc) is 3.11. The third kappa shape index (κ3) is 6.72. The van der Waals surface area contributed by atoms with Gasteiger partial charge in [0.05, 0.1) is 18.8 Å². The van der Waals surface area contributed by atoms with Gasteiger partial charge < -0.3 is 39.7 Å². The van der Waals surface area contributed by atoms with Gasteiger partial charge in [-0.25, -0.2) is 13.9 Å². The number of nitrogens with one attached hydrogen (secondary N) is 1. The van der Waals surface area contributed by atoms with Crippen LogP contribution in [0.4, 0.5) is 0 Å². The number of nitrogens with zero attached hydrogens (tertiary/aromatic N) is 1. The van der Waals surface area contributed by atoms with E-state index in [-0.39, 0.29) is 12.0 Å². The topological polar surface area (TPSA) is 257 Å². The van der Waals surface area contributed by atoms with Crippen molar-refractivity contribution in [2.75, 3.05) is 6.61 Å². The maximum Gasteiger partial charge on any atom is 0.483 e. The predicted octanol–water partition coefficient (Wildman–Crippen LogP) is -2.43. The van der Waals surface area contributed by atoms with Gasteiger partial charge in [-0.2, -0.15) is 4.31 Å². The standard InChI is InChI=1S/C16H26N2O15P2/c1-6-4-18(16(24)17-14(6)23)10-3-8(19)9(31-10)5-29-34(25,26)33-35(27,28)32-15-13(22)12(21)11(20)7(2)30-15/h4,7-13,15,19-22H,3,5H2,1-2H3,(H,25,26)(H,27,28)(H,17,23,24)/t7-,8+,9-,10-,11-,12+,13-,15+/m1/s1. The summed E-state index contributed by atoms with van der Waals surface area (Å²) in [5.74, 6) is 0. The number of phosphoric ester groups is 2. The maximum absolute atomic E-state index is 12.2. The van der Waals surface area contributed by atoms with Gasteiger partial charge in [0.15, 0.2) is 6.29 Å². The number of aromatic amines is 1. The highest BCUT2D eigenvalue weighted by Gasteiger charge is 2.47. The fourth-order valence-corrected chi connectivity index (χ4v) is 5.57. The summed E-state index contributed by atoms with van der Waals surface area (Å²) in [6.45, 7) is 1.88. The van der Waals surface area contributed by atoms with E-state index >= 15 is 0 Å². The molecule has 10 atom stereocenters. The molecule has 2 aliphatic rings.